The molecule has 1 unspecified atom stereocenters. The second-order valence-corrected chi connectivity index (χ2v) is 5.19. The number of nitrogens with two attached hydrogens (primary N) is 1. The van der Waals surface area contributed by atoms with Crippen molar-refractivity contribution in [2.45, 2.75) is 18.6 Å². The molecule has 0 radical (unpaired) electrons. The third kappa shape index (κ3) is 1.55. The average Bonchev–Trinajstić information content (AvgIpc) is 1.81. The molecule has 1 aliphatic heterocycles. The minimum atomic E-state index is -3.04. The lowest BCUT2D eigenvalue weighted by Crippen LogP contribution is -2.47. The molecule has 1 saturated heterocycles. The number of nitrogens with zero attached hydrogens (tertiary/aromatic N) is 1. The summed E-state index contributed by atoms with van der Waals surface area (Å²) in [6.07, 6.45) is 0.983. The molecule has 0 aliphatic carbocycles. The predicted molar refractivity (Wildman–Crippen MR) is 43.6 cm³/mol. The van der Waals surface area contributed by atoms with Crippen LogP contribution in [0.1, 0.15) is 13.3 Å². The van der Waals surface area contributed by atoms with Gasteiger partial charge in [0.2, 0.25) is 10.0 Å². The molecule has 11 heavy (non-hydrogen) atoms. The molecule has 66 valence electrons. The van der Waals surface area contributed by atoms with Gasteiger partial charge in [-0.1, -0.05) is 0 Å². The molecule has 1 heterocycles. The second-order valence-electron chi connectivity index (χ2n) is 2.84. The van der Waals surface area contributed by atoms with Crippen LogP contribution in [0.15, 0.2) is 0 Å². The van der Waals surface area contributed by atoms with Gasteiger partial charge in [0, 0.05) is 19.6 Å². The highest BCUT2D eigenvalue weighted by Gasteiger charge is 2.31. The first kappa shape index (κ1) is 8.96. The Bertz CT molecular complexity index is 210. The Morgan fingerprint density at radius 1 is 1.55 bits per heavy atom. The van der Waals surface area contributed by atoms with Crippen molar-refractivity contribution < 1.29 is 8.42 Å². The van der Waals surface area contributed by atoms with Crippen molar-refractivity contribution in [1.82, 2.24) is 4.31 Å². The lowest BCUT2D eigenvalue weighted by atomic mass is 10.3. The molecule has 0 spiro atoms. The SMILES string of the molecule is CC(CN)S(=O)(=O)N1CCC1. The predicted octanol–water partition coefficient (Wildman–Crippen LogP) is -0.631. The van der Waals surface area contributed by atoms with Crippen molar-refractivity contribution in [1.29, 1.82) is 0 Å². The first-order valence-corrected chi connectivity index (χ1v) is 5.28. The Morgan fingerprint density at radius 2 is 2.09 bits per heavy atom. The quantitative estimate of drug-likeness (QED) is 0.626. The molecule has 0 bridgehead atoms. The molecular formula is C6H14N2O2S. The van der Waals surface area contributed by atoms with Gasteiger partial charge >= 0.3 is 0 Å². The van der Waals surface area contributed by atoms with E-state index in [9.17, 15) is 8.42 Å². The van der Waals surface area contributed by atoms with E-state index in [1.54, 1.807) is 6.92 Å². The first-order chi connectivity index (χ1) is 5.09. The van der Waals surface area contributed by atoms with E-state index in [1.165, 1.54) is 4.31 Å². The zero-order valence-corrected chi connectivity index (χ0v) is 7.47. The van der Waals surface area contributed by atoms with Crippen molar-refractivity contribution >= 4 is 10.0 Å². The molecule has 1 atom stereocenters. The highest BCUT2D eigenvalue weighted by atomic mass is 32.2. The van der Waals surface area contributed by atoms with Gasteiger partial charge in [-0.3, -0.25) is 0 Å². The topological polar surface area (TPSA) is 63.4 Å². The standard InChI is InChI=1S/C6H14N2O2S/c1-6(5-7)11(9,10)8-3-2-4-8/h6H,2-5,7H2,1H3. The first-order valence-electron chi connectivity index (χ1n) is 3.78. The molecule has 1 fully saturated rings. The molecule has 0 aromatic rings. The lowest BCUT2D eigenvalue weighted by molar-refractivity contribution is 0.306. The largest absolute Gasteiger partial charge is 0.329 e. The summed E-state index contributed by atoms with van der Waals surface area (Å²) in [4.78, 5) is 0. The third-order valence-electron chi connectivity index (χ3n) is 2.02. The van der Waals surface area contributed by atoms with E-state index in [0.717, 1.165) is 6.42 Å². The van der Waals surface area contributed by atoms with Crippen LogP contribution in [0, 0.1) is 0 Å². The maximum absolute atomic E-state index is 11.4. The number of rotatable bonds is 3. The smallest absolute Gasteiger partial charge is 0.217 e. The summed E-state index contributed by atoms with van der Waals surface area (Å²) in [5.74, 6) is 0. The van der Waals surface area contributed by atoms with Gasteiger partial charge < -0.3 is 5.73 Å². The molecule has 1 aliphatic rings. The molecule has 0 aromatic heterocycles. The van der Waals surface area contributed by atoms with Crippen molar-refractivity contribution in [3.63, 3.8) is 0 Å². The maximum atomic E-state index is 11.4. The van der Waals surface area contributed by atoms with Crippen LogP contribution in [0.4, 0.5) is 0 Å². The van der Waals surface area contributed by atoms with Crippen molar-refractivity contribution in [3.8, 4) is 0 Å². The van der Waals surface area contributed by atoms with Crippen LogP contribution < -0.4 is 5.73 Å². The van der Waals surface area contributed by atoms with E-state index in [2.05, 4.69) is 0 Å². The molecule has 0 aromatic carbocycles. The summed E-state index contributed by atoms with van der Waals surface area (Å²) < 4.78 is 24.3. The van der Waals surface area contributed by atoms with Gasteiger partial charge in [0.05, 0.1) is 5.25 Å². The van der Waals surface area contributed by atoms with Gasteiger partial charge in [0.15, 0.2) is 0 Å². The zero-order valence-electron chi connectivity index (χ0n) is 6.66. The normalized spacial score (nSPS) is 22.7. The fraction of sp³-hybridized carbons (Fsp3) is 1.00. The van der Waals surface area contributed by atoms with Gasteiger partial charge in [-0.15, -0.1) is 0 Å². The van der Waals surface area contributed by atoms with Gasteiger partial charge in [-0.2, -0.15) is 0 Å². The van der Waals surface area contributed by atoms with E-state index in [0.29, 0.717) is 13.1 Å². The maximum Gasteiger partial charge on any atom is 0.217 e. The van der Waals surface area contributed by atoms with Gasteiger partial charge in [0.25, 0.3) is 0 Å². The van der Waals surface area contributed by atoms with Crippen LogP contribution in [0.3, 0.4) is 0 Å². The summed E-state index contributed by atoms with van der Waals surface area (Å²) in [7, 11) is -3.04. The summed E-state index contributed by atoms with van der Waals surface area (Å²) in [5.41, 5.74) is 5.27. The summed E-state index contributed by atoms with van der Waals surface area (Å²) in [6.45, 7) is 3.20. The van der Waals surface area contributed by atoms with E-state index in [4.69, 9.17) is 5.73 Å². The highest BCUT2D eigenvalue weighted by Crippen LogP contribution is 2.15. The van der Waals surface area contributed by atoms with E-state index >= 15 is 0 Å². The van der Waals surface area contributed by atoms with Crippen molar-refractivity contribution in [3.05, 3.63) is 0 Å². The molecule has 0 saturated carbocycles. The average molecular weight is 178 g/mol. The highest BCUT2D eigenvalue weighted by molar-refractivity contribution is 7.89. The third-order valence-corrected chi connectivity index (χ3v) is 4.31. The Hall–Kier alpha value is -0.130. The van der Waals surface area contributed by atoms with Crippen LogP contribution in [-0.2, 0) is 10.0 Å². The number of hydrogen-bond acceptors (Lipinski definition) is 3. The minimum Gasteiger partial charge on any atom is -0.329 e. The lowest BCUT2D eigenvalue weighted by Gasteiger charge is -2.31. The molecule has 2 N–H and O–H groups in total. The molecule has 0 amide bonds. The van der Waals surface area contributed by atoms with Crippen LogP contribution in [0.5, 0.6) is 0 Å². The monoisotopic (exact) mass is 178 g/mol. The number of sulfonamides is 1. The molecule has 5 heteroatoms. The van der Waals surface area contributed by atoms with Crippen LogP contribution >= 0.6 is 0 Å². The van der Waals surface area contributed by atoms with Crippen LogP contribution in [-0.4, -0.2) is 37.6 Å². The van der Waals surface area contributed by atoms with Crippen LogP contribution in [0.2, 0.25) is 0 Å². The second kappa shape index (κ2) is 3.08. The fourth-order valence-corrected chi connectivity index (χ4v) is 2.44. The molecule has 1 rings (SSSR count). The van der Waals surface area contributed by atoms with Crippen molar-refractivity contribution in [2.75, 3.05) is 19.6 Å². The van der Waals surface area contributed by atoms with Gasteiger partial charge in [-0.25, -0.2) is 12.7 Å². The Morgan fingerprint density at radius 3 is 2.36 bits per heavy atom. The van der Waals surface area contributed by atoms with Crippen LogP contribution in [0.25, 0.3) is 0 Å². The van der Waals surface area contributed by atoms with Crippen molar-refractivity contribution in [2.24, 2.45) is 5.73 Å². The van der Waals surface area contributed by atoms with E-state index < -0.39 is 15.3 Å². The zero-order chi connectivity index (χ0) is 8.48. The summed E-state index contributed by atoms with van der Waals surface area (Å²) in [5, 5.41) is -0.428. The van der Waals surface area contributed by atoms with Gasteiger partial charge in [-0.05, 0) is 13.3 Å². The minimum absolute atomic E-state index is 0.207. The van der Waals surface area contributed by atoms with E-state index in [1.807, 2.05) is 0 Å². The Balaban J connectivity index is 2.65. The van der Waals surface area contributed by atoms with E-state index in [-0.39, 0.29) is 6.54 Å². The summed E-state index contributed by atoms with van der Waals surface area (Å²) >= 11 is 0. The molecular weight excluding hydrogens is 164 g/mol. The summed E-state index contributed by atoms with van der Waals surface area (Å²) in [6, 6.07) is 0. The fourth-order valence-electron chi connectivity index (χ4n) is 0.918. The Kier molecular flexibility index (Phi) is 2.51. The Labute approximate surface area is 67.4 Å². The molecule has 4 nitrogen and oxygen atoms in total. The van der Waals surface area contributed by atoms with Gasteiger partial charge in [0.1, 0.15) is 0 Å². The number of hydrogen-bond donors (Lipinski definition) is 1.